The number of rotatable bonds is 5. The zero-order chi connectivity index (χ0) is 16.3. The molecule has 1 fully saturated rings. The number of nitrogens with one attached hydrogen (secondary N) is 1. The van der Waals surface area contributed by atoms with Gasteiger partial charge in [0.2, 0.25) is 10.0 Å². The molecule has 0 amide bonds. The molecule has 0 saturated carbocycles. The van der Waals surface area contributed by atoms with Gasteiger partial charge >= 0.3 is 0 Å². The van der Waals surface area contributed by atoms with E-state index >= 15 is 0 Å². The fourth-order valence-corrected chi connectivity index (χ4v) is 4.03. The molecule has 0 unspecified atom stereocenters. The highest BCUT2D eigenvalue weighted by Gasteiger charge is 2.29. The summed E-state index contributed by atoms with van der Waals surface area (Å²) in [6.45, 7) is 5.37. The molecular weight excluding hydrogens is 306 g/mol. The summed E-state index contributed by atoms with van der Waals surface area (Å²) in [6.07, 6.45) is 1.63. The fourth-order valence-electron chi connectivity index (χ4n) is 2.54. The molecule has 7 nitrogen and oxygen atoms in total. The molecule has 1 aromatic rings. The maximum atomic E-state index is 12.6. The van der Waals surface area contributed by atoms with Gasteiger partial charge in [0.1, 0.15) is 5.69 Å². The van der Waals surface area contributed by atoms with E-state index in [4.69, 9.17) is 0 Å². The van der Waals surface area contributed by atoms with E-state index in [0.717, 1.165) is 18.9 Å². The first-order valence-electron chi connectivity index (χ1n) is 7.38. The highest BCUT2D eigenvalue weighted by atomic mass is 32.2. The Morgan fingerprint density at radius 1 is 1.36 bits per heavy atom. The van der Waals surface area contributed by atoms with E-state index in [1.165, 1.54) is 16.4 Å². The Kier molecular flexibility index (Phi) is 5.02. The van der Waals surface area contributed by atoms with Crippen LogP contribution in [0, 0.1) is 16.0 Å². The van der Waals surface area contributed by atoms with Crippen molar-refractivity contribution in [1.82, 2.24) is 4.31 Å². The third kappa shape index (κ3) is 3.38. The Labute approximate surface area is 130 Å². The molecule has 0 atom stereocenters. The molecular formula is C14H21N3O4S. The molecule has 1 heterocycles. The van der Waals surface area contributed by atoms with Gasteiger partial charge in [0.05, 0.1) is 9.82 Å². The first-order valence-corrected chi connectivity index (χ1v) is 8.82. The average Bonchev–Trinajstić information content (AvgIpc) is 2.48. The van der Waals surface area contributed by atoms with E-state index in [-0.39, 0.29) is 10.6 Å². The van der Waals surface area contributed by atoms with Crippen LogP contribution in [-0.2, 0) is 10.0 Å². The van der Waals surface area contributed by atoms with Gasteiger partial charge in [0.15, 0.2) is 0 Å². The first kappa shape index (κ1) is 16.7. The molecule has 1 aromatic carbocycles. The SMILES string of the molecule is CCNc1ccc(S(=O)(=O)N2CCC(C)CC2)cc1[N+](=O)[O-]. The lowest BCUT2D eigenvalue weighted by Gasteiger charge is -2.29. The number of piperidine rings is 1. The minimum atomic E-state index is -3.67. The molecule has 22 heavy (non-hydrogen) atoms. The molecule has 2 rings (SSSR count). The summed E-state index contributed by atoms with van der Waals surface area (Å²) >= 11 is 0. The van der Waals surface area contributed by atoms with Gasteiger partial charge in [-0.05, 0) is 37.8 Å². The molecule has 1 N–H and O–H groups in total. The van der Waals surface area contributed by atoms with Crippen LogP contribution in [0.15, 0.2) is 23.1 Å². The lowest BCUT2D eigenvalue weighted by atomic mass is 10.0. The molecule has 1 saturated heterocycles. The maximum Gasteiger partial charge on any atom is 0.293 e. The Morgan fingerprint density at radius 2 is 2.00 bits per heavy atom. The minimum absolute atomic E-state index is 0.0181. The summed E-state index contributed by atoms with van der Waals surface area (Å²) in [7, 11) is -3.67. The molecule has 122 valence electrons. The van der Waals surface area contributed by atoms with Crippen molar-refractivity contribution < 1.29 is 13.3 Å². The van der Waals surface area contributed by atoms with Gasteiger partial charge in [-0.2, -0.15) is 4.31 Å². The van der Waals surface area contributed by atoms with Gasteiger partial charge in [-0.25, -0.2) is 8.42 Å². The Balaban J connectivity index is 2.35. The summed E-state index contributed by atoms with van der Waals surface area (Å²) in [4.78, 5) is 10.6. The van der Waals surface area contributed by atoms with E-state index in [2.05, 4.69) is 12.2 Å². The highest BCUT2D eigenvalue weighted by Crippen LogP contribution is 2.30. The van der Waals surface area contributed by atoms with Crippen molar-refractivity contribution >= 4 is 21.4 Å². The van der Waals surface area contributed by atoms with Crippen LogP contribution in [0.25, 0.3) is 0 Å². The zero-order valence-corrected chi connectivity index (χ0v) is 13.6. The topological polar surface area (TPSA) is 92.6 Å². The number of benzene rings is 1. The minimum Gasteiger partial charge on any atom is -0.380 e. The summed E-state index contributed by atoms with van der Waals surface area (Å²) in [5.74, 6) is 0.511. The Morgan fingerprint density at radius 3 is 2.55 bits per heavy atom. The van der Waals surface area contributed by atoms with Gasteiger partial charge in [0, 0.05) is 25.7 Å². The van der Waals surface area contributed by atoms with E-state index in [1.54, 1.807) is 0 Å². The highest BCUT2D eigenvalue weighted by molar-refractivity contribution is 7.89. The lowest BCUT2D eigenvalue weighted by molar-refractivity contribution is -0.384. The molecule has 0 bridgehead atoms. The molecule has 0 aromatic heterocycles. The Hall–Kier alpha value is -1.67. The summed E-state index contributed by atoms with van der Waals surface area (Å²) in [5, 5.41) is 14.0. The van der Waals surface area contributed by atoms with Crippen LogP contribution in [0.5, 0.6) is 0 Å². The van der Waals surface area contributed by atoms with Crippen molar-refractivity contribution in [3.8, 4) is 0 Å². The van der Waals surface area contributed by atoms with Crippen LogP contribution in [-0.4, -0.2) is 37.3 Å². The van der Waals surface area contributed by atoms with Crippen LogP contribution in [0.2, 0.25) is 0 Å². The molecule has 8 heteroatoms. The van der Waals surface area contributed by atoms with Gasteiger partial charge in [-0.15, -0.1) is 0 Å². The van der Waals surface area contributed by atoms with E-state index in [9.17, 15) is 18.5 Å². The van der Waals surface area contributed by atoms with Crippen molar-refractivity contribution in [2.24, 2.45) is 5.92 Å². The van der Waals surface area contributed by atoms with E-state index < -0.39 is 14.9 Å². The van der Waals surface area contributed by atoms with Crippen LogP contribution in [0.3, 0.4) is 0 Å². The quantitative estimate of drug-likeness (QED) is 0.662. The summed E-state index contributed by atoms with van der Waals surface area (Å²) < 4.78 is 26.7. The largest absolute Gasteiger partial charge is 0.380 e. The van der Waals surface area contributed by atoms with Crippen molar-refractivity contribution in [2.45, 2.75) is 31.6 Å². The number of nitrogens with zero attached hydrogens (tertiary/aromatic N) is 2. The number of hydrogen-bond acceptors (Lipinski definition) is 5. The van der Waals surface area contributed by atoms with Crippen LogP contribution in [0.4, 0.5) is 11.4 Å². The summed E-state index contributed by atoms with van der Waals surface area (Å²) in [6, 6.07) is 4.03. The lowest BCUT2D eigenvalue weighted by Crippen LogP contribution is -2.37. The molecule has 0 spiro atoms. The second-order valence-corrected chi connectivity index (χ2v) is 7.49. The molecule has 0 aliphatic carbocycles. The predicted molar refractivity (Wildman–Crippen MR) is 84.4 cm³/mol. The van der Waals surface area contributed by atoms with Crippen molar-refractivity contribution in [1.29, 1.82) is 0 Å². The van der Waals surface area contributed by atoms with Crippen molar-refractivity contribution in [3.63, 3.8) is 0 Å². The zero-order valence-electron chi connectivity index (χ0n) is 12.8. The average molecular weight is 327 g/mol. The van der Waals surface area contributed by atoms with Gasteiger partial charge in [-0.1, -0.05) is 6.92 Å². The maximum absolute atomic E-state index is 12.6. The van der Waals surface area contributed by atoms with E-state index in [0.29, 0.717) is 31.2 Å². The predicted octanol–water partition coefficient (Wildman–Crippen LogP) is 2.45. The third-order valence-corrected chi connectivity index (χ3v) is 5.81. The van der Waals surface area contributed by atoms with Gasteiger partial charge < -0.3 is 5.32 Å². The number of hydrogen-bond donors (Lipinski definition) is 1. The molecule has 1 aliphatic rings. The monoisotopic (exact) mass is 327 g/mol. The Bertz CT molecular complexity index is 652. The van der Waals surface area contributed by atoms with Gasteiger partial charge in [-0.3, -0.25) is 10.1 Å². The van der Waals surface area contributed by atoms with E-state index in [1.807, 2.05) is 6.92 Å². The first-order chi connectivity index (χ1) is 10.4. The van der Waals surface area contributed by atoms with Crippen LogP contribution >= 0.6 is 0 Å². The second-order valence-electron chi connectivity index (χ2n) is 5.55. The van der Waals surface area contributed by atoms with Crippen LogP contribution < -0.4 is 5.32 Å². The number of anilines is 1. The standard InChI is InChI=1S/C14H21N3O4S/c1-3-15-13-5-4-12(10-14(13)17(18)19)22(20,21)16-8-6-11(2)7-9-16/h4-5,10-11,15H,3,6-9H2,1-2H3. The number of nitro groups is 1. The fraction of sp³-hybridized carbons (Fsp3) is 0.571. The summed E-state index contributed by atoms with van der Waals surface area (Å²) in [5.41, 5.74) is 0.118. The van der Waals surface area contributed by atoms with Crippen molar-refractivity contribution in [3.05, 3.63) is 28.3 Å². The van der Waals surface area contributed by atoms with Crippen molar-refractivity contribution in [2.75, 3.05) is 25.0 Å². The molecule has 1 aliphatic heterocycles. The normalized spacial score (nSPS) is 17.4. The smallest absolute Gasteiger partial charge is 0.293 e. The third-order valence-electron chi connectivity index (χ3n) is 3.91. The number of nitro benzene ring substituents is 1. The van der Waals surface area contributed by atoms with Crippen LogP contribution in [0.1, 0.15) is 26.7 Å². The molecule has 0 radical (unpaired) electrons. The van der Waals surface area contributed by atoms with Gasteiger partial charge in [0.25, 0.3) is 5.69 Å². The number of sulfonamides is 1. The second kappa shape index (κ2) is 6.62.